The van der Waals surface area contributed by atoms with Crippen LogP contribution in [0.3, 0.4) is 0 Å². The molecule has 3 amide bonds. The number of aromatic nitrogens is 2. The van der Waals surface area contributed by atoms with Gasteiger partial charge in [0, 0.05) is 31.1 Å². The van der Waals surface area contributed by atoms with E-state index in [0.29, 0.717) is 45.4 Å². The molecule has 11 nitrogen and oxygen atoms in total. The number of benzene rings is 2. The minimum Gasteiger partial charge on any atom is -0.497 e. The van der Waals surface area contributed by atoms with Crippen LogP contribution in [0.25, 0.3) is 10.6 Å². The maximum Gasteiger partial charge on any atom is 0.321 e. The molecule has 0 unspecified atom stereocenters. The predicted octanol–water partition coefficient (Wildman–Crippen LogP) is 4.22. The lowest BCUT2D eigenvalue weighted by Gasteiger charge is -2.23. The van der Waals surface area contributed by atoms with Crippen molar-refractivity contribution in [3.05, 3.63) is 36.4 Å². The first-order valence-electron chi connectivity index (χ1n) is 11.3. The number of hydrogen-bond acceptors (Lipinski definition) is 9. The van der Waals surface area contributed by atoms with Gasteiger partial charge in [0.05, 0.1) is 19.9 Å². The van der Waals surface area contributed by atoms with E-state index in [-0.39, 0.29) is 31.7 Å². The number of ether oxygens (including phenoxy) is 4. The van der Waals surface area contributed by atoms with Gasteiger partial charge in [-0.1, -0.05) is 18.3 Å². The molecule has 0 fully saturated rings. The van der Waals surface area contributed by atoms with Gasteiger partial charge < -0.3 is 34.5 Å². The van der Waals surface area contributed by atoms with Crippen LogP contribution in [0.15, 0.2) is 36.4 Å². The fourth-order valence-corrected chi connectivity index (χ4v) is 4.28. The van der Waals surface area contributed by atoms with Crippen molar-refractivity contribution in [3.63, 3.8) is 0 Å². The fraction of sp³-hybridized carbons (Fsp3) is 0.333. The molecule has 0 saturated heterocycles. The molecule has 0 aliphatic carbocycles. The summed E-state index contributed by atoms with van der Waals surface area (Å²) in [5.41, 5.74) is 1.33. The van der Waals surface area contributed by atoms with Crippen LogP contribution >= 0.6 is 11.3 Å². The molecule has 0 atom stereocenters. The summed E-state index contributed by atoms with van der Waals surface area (Å²) in [5, 5.41) is 14.8. The minimum atomic E-state index is -0.325. The van der Waals surface area contributed by atoms with Gasteiger partial charge in [-0.3, -0.25) is 4.79 Å². The van der Waals surface area contributed by atoms with E-state index < -0.39 is 0 Å². The number of nitrogens with zero attached hydrogens (tertiary/aromatic N) is 3. The van der Waals surface area contributed by atoms with Gasteiger partial charge in [0.1, 0.15) is 16.5 Å². The number of hydrogen-bond donors (Lipinski definition) is 2. The largest absolute Gasteiger partial charge is 0.497 e. The second-order valence-corrected chi connectivity index (χ2v) is 8.74. The lowest BCUT2D eigenvalue weighted by molar-refractivity contribution is -0.116. The van der Waals surface area contributed by atoms with Gasteiger partial charge in [0.15, 0.2) is 11.5 Å². The Morgan fingerprint density at radius 2 is 1.86 bits per heavy atom. The molecule has 12 heteroatoms. The summed E-state index contributed by atoms with van der Waals surface area (Å²) >= 11 is 1.25. The summed E-state index contributed by atoms with van der Waals surface area (Å²) in [7, 11) is 3.07. The van der Waals surface area contributed by atoms with E-state index in [0.717, 1.165) is 12.0 Å². The van der Waals surface area contributed by atoms with E-state index in [2.05, 4.69) is 20.8 Å². The number of nitrogens with one attached hydrogen (secondary N) is 2. The summed E-state index contributed by atoms with van der Waals surface area (Å²) in [6.07, 6.45) is 0.843. The highest BCUT2D eigenvalue weighted by molar-refractivity contribution is 7.18. The number of carbonyl (C=O) groups excluding carboxylic acids is 2. The van der Waals surface area contributed by atoms with Gasteiger partial charge in [-0.05, 0) is 36.8 Å². The number of carbonyl (C=O) groups is 2. The molecule has 0 bridgehead atoms. The summed E-state index contributed by atoms with van der Waals surface area (Å²) in [6.45, 7) is 2.88. The van der Waals surface area contributed by atoms with Gasteiger partial charge in [0.25, 0.3) is 0 Å². The lowest BCUT2D eigenvalue weighted by atomic mass is 10.2. The zero-order chi connectivity index (χ0) is 25.5. The zero-order valence-electron chi connectivity index (χ0n) is 20.2. The molecule has 36 heavy (non-hydrogen) atoms. The van der Waals surface area contributed by atoms with Gasteiger partial charge in [0.2, 0.25) is 17.8 Å². The van der Waals surface area contributed by atoms with Gasteiger partial charge >= 0.3 is 6.03 Å². The van der Waals surface area contributed by atoms with Crippen LogP contribution in [0.1, 0.15) is 19.8 Å². The van der Waals surface area contributed by atoms with E-state index in [9.17, 15) is 9.59 Å². The van der Waals surface area contributed by atoms with Crippen molar-refractivity contribution in [1.29, 1.82) is 0 Å². The second kappa shape index (κ2) is 11.6. The molecular formula is C24H27N5O6S. The molecule has 1 aliphatic heterocycles. The average molecular weight is 514 g/mol. The van der Waals surface area contributed by atoms with Crippen LogP contribution in [0.2, 0.25) is 0 Å². The smallest absolute Gasteiger partial charge is 0.321 e. The molecular weight excluding hydrogens is 486 g/mol. The molecule has 1 aliphatic rings. The molecule has 190 valence electrons. The van der Waals surface area contributed by atoms with Crippen molar-refractivity contribution >= 4 is 34.1 Å². The minimum absolute atomic E-state index is 0.103. The Labute approximate surface area is 212 Å². The molecule has 2 heterocycles. The van der Waals surface area contributed by atoms with E-state index in [1.54, 1.807) is 30.2 Å². The molecule has 2 N–H and O–H groups in total. The van der Waals surface area contributed by atoms with Crippen molar-refractivity contribution in [1.82, 2.24) is 15.1 Å². The third-order valence-electron chi connectivity index (χ3n) is 5.33. The van der Waals surface area contributed by atoms with Crippen molar-refractivity contribution in [2.45, 2.75) is 19.8 Å². The molecule has 0 saturated carbocycles. The van der Waals surface area contributed by atoms with E-state index in [1.807, 2.05) is 25.1 Å². The van der Waals surface area contributed by atoms with Crippen LogP contribution in [0, 0.1) is 0 Å². The number of urea groups is 1. The number of amides is 3. The Morgan fingerprint density at radius 1 is 1.03 bits per heavy atom. The Hall–Kier alpha value is -4.06. The SMILES string of the molecule is CCCN(CCC(=O)Nc1nnc(-c2ccc3c(c2)OCO3)s1)C(=O)Nc1ccc(OC)cc1OC. The Kier molecular flexibility index (Phi) is 8.06. The van der Waals surface area contributed by atoms with Crippen LogP contribution in [0.4, 0.5) is 15.6 Å². The molecule has 2 aromatic carbocycles. The van der Waals surface area contributed by atoms with E-state index in [1.165, 1.54) is 18.4 Å². The van der Waals surface area contributed by atoms with Gasteiger partial charge in [-0.25, -0.2) is 4.79 Å². The first-order valence-corrected chi connectivity index (χ1v) is 12.1. The van der Waals surface area contributed by atoms with Crippen LogP contribution < -0.4 is 29.6 Å². The summed E-state index contributed by atoms with van der Waals surface area (Å²) < 4.78 is 21.3. The molecule has 0 radical (unpaired) electrons. The quantitative estimate of drug-likeness (QED) is 0.413. The van der Waals surface area contributed by atoms with E-state index in [4.69, 9.17) is 18.9 Å². The highest BCUT2D eigenvalue weighted by atomic mass is 32.1. The van der Waals surface area contributed by atoms with Crippen molar-refractivity contribution in [2.75, 3.05) is 44.7 Å². The number of fused-ring (bicyclic) bond motifs is 1. The van der Waals surface area contributed by atoms with Crippen molar-refractivity contribution < 1.29 is 28.5 Å². The van der Waals surface area contributed by atoms with Gasteiger partial charge in [-0.15, -0.1) is 10.2 Å². The molecule has 4 rings (SSSR count). The third kappa shape index (κ3) is 5.95. The Morgan fingerprint density at radius 3 is 2.64 bits per heavy atom. The summed E-state index contributed by atoms with van der Waals surface area (Å²) in [4.78, 5) is 27.0. The summed E-state index contributed by atoms with van der Waals surface area (Å²) in [6, 6.07) is 10.3. The average Bonchev–Trinajstić information content (AvgIpc) is 3.55. The highest BCUT2D eigenvalue weighted by Gasteiger charge is 2.19. The van der Waals surface area contributed by atoms with Crippen LogP contribution in [0.5, 0.6) is 23.0 Å². The second-order valence-electron chi connectivity index (χ2n) is 7.76. The van der Waals surface area contributed by atoms with Crippen molar-refractivity contribution in [2.24, 2.45) is 0 Å². The maximum absolute atomic E-state index is 12.9. The summed E-state index contributed by atoms with van der Waals surface area (Å²) in [5.74, 6) is 2.16. The molecule has 1 aromatic heterocycles. The molecule has 0 spiro atoms. The fourth-order valence-electron chi connectivity index (χ4n) is 3.52. The van der Waals surface area contributed by atoms with Crippen molar-refractivity contribution in [3.8, 4) is 33.6 Å². The predicted molar refractivity (Wildman–Crippen MR) is 135 cm³/mol. The van der Waals surface area contributed by atoms with Crippen LogP contribution in [-0.2, 0) is 4.79 Å². The van der Waals surface area contributed by atoms with Crippen LogP contribution in [-0.4, -0.2) is 61.1 Å². The van der Waals surface area contributed by atoms with E-state index >= 15 is 0 Å². The normalized spacial score (nSPS) is 11.6. The topological polar surface area (TPSA) is 124 Å². The standard InChI is InChI=1S/C24H27N5O6S/c1-4-10-29(24(31)25-17-7-6-16(32-2)13-19(17)33-3)11-9-21(30)26-23-28-27-22(36-23)15-5-8-18-20(12-15)35-14-34-18/h5-8,12-13H,4,9-11,14H2,1-3H3,(H,25,31)(H,26,28,30). The lowest BCUT2D eigenvalue weighted by Crippen LogP contribution is -2.37. The highest BCUT2D eigenvalue weighted by Crippen LogP contribution is 2.37. The monoisotopic (exact) mass is 513 g/mol. The Bertz CT molecular complexity index is 1230. The number of rotatable bonds is 10. The van der Waals surface area contributed by atoms with Gasteiger partial charge in [-0.2, -0.15) is 0 Å². The third-order valence-corrected chi connectivity index (χ3v) is 6.22. The molecule has 3 aromatic rings. The number of anilines is 2. The number of methoxy groups -OCH3 is 2. The maximum atomic E-state index is 12.9. The first kappa shape index (κ1) is 25.0. The Balaban J connectivity index is 1.33. The zero-order valence-corrected chi connectivity index (χ0v) is 21.0. The first-order chi connectivity index (χ1) is 17.5.